The van der Waals surface area contributed by atoms with Gasteiger partial charge in [0.05, 0.1) is 12.3 Å². The molecule has 96 valence electrons. The van der Waals surface area contributed by atoms with Gasteiger partial charge in [-0.3, -0.25) is 0 Å². The largest absolute Gasteiger partial charge is 0.396 e. The summed E-state index contributed by atoms with van der Waals surface area (Å²) in [5.41, 5.74) is 2.31. The van der Waals surface area contributed by atoms with Crippen molar-refractivity contribution in [3.05, 3.63) is 35.7 Å². The highest BCUT2D eigenvalue weighted by molar-refractivity contribution is 5.36. The SMILES string of the molecule is CC(C)(C)c1ccc(-n2nnnc2CCO)cc1. The Kier molecular flexibility index (Phi) is 3.43. The fourth-order valence-electron chi connectivity index (χ4n) is 1.76. The van der Waals surface area contributed by atoms with Crippen LogP contribution >= 0.6 is 0 Å². The number of aliphatic hydroxyl groups excluding tert-OH is 1. The van der Waals surface area contributed by atoms with Gasteiger partial charge in [0.2, 0.25) is 0 Å². The van der Waals surface area contributed by atoms with E-state index < -0.39 is 0 Å². The predicted molar refractivity (Wildman–Crippen MR) is 68.6 cm³/mol. The third-order valence-corrected chi connectivity index (χ3v) is 2.85. The lowest BCUT2D eigenvalue weighted by Gasteiger charge is -2.19. The Balaban J connectivity index is 2.32. The molecule has 2 rings (SSSR count). The molecular weight excluding hydrogens is 228 g/mol. The topological polar surface area (TPSA) is 63.8 Å². The fourth-order valence-corrected chi connectivity index (χ4v) is 1.76. The van der Waals surface area contributed by atoms with Crippen molar-refractivity contribution in [1.29, 1.82) is 0 Å². The summed E-state index contributed by atoms with van der Waals surface area (Å²) in [7, 11) is 0. The second kappa shape index (κ2) is 4.86. The first-order chi connectivity index (χ1) is 8.52. The van der Waals surface area contributed by atoms with E-state index in [1.807, 2.05) is 12.1 Å². The molecule has 0 aliphatic rings. The van der Waals surface area contributed by atoms with Crippen molar-refractivity contribution < 1.29 is 5.11 Å². The van der Waals surface area contributed by atoms with Crippen LogP contribution in [0.4, 0.5) is 0 Å². The van der Waals surface area contributed by atoms with Crippen molar-refractivity contribution in [1.82, 2.24) is 20.2 Å². The zero-order valence-electron chi connectivity index (χ0n) is 11.0. The van der Waals surface area contributed by atoms with Crippen LogP contribution in [0, 0.1) is 0 Å². The molecular formula is C13H18N4O. The minimum Gasteiger partial charge on any atom is -0.396 e. The maximum absolute atomic E-state index is 8.95. The minimum absolute atomic E-state index is 0.0421. The first-order valence-electron chi connectivity index (χ1n) is 6.01. The maximum Gasteiger partial charge on any atom is 0.158 e. The van der Waals surface area contributed by atoms with Crippen LogP contribution in [0.1, 0.15) is 32.2 Å². The number of aliphatic hydroxyl groups is 1. The molecule has 0 saturated heterocycles. The number of aromatic nitrogens is 4. The first kappa shape index (κ1) is 12.7. The smallest absolute Gasteiger partial charge is 0.158 e. The number of nitrogens with zero attached hydrogens (tertiary/aromatic N) is 4. The van der Waals surface area contributed by atoms with E-state index in [2.05, 4.69) is 48.4 Å². The van der Waals surface area contributed by atoms with Crippen LogP contribution in [0.15, 0.2) is 24.3 Å². The molecule has 1 heterocycles. The van der Waals surface area contributed by atoms with E-state index >= 15 is 0 Å². The van der Waals surface area contributed by atoms with Crippen molar-refractivity contribution in [2.24, 2.45) is 0 Å². The van der Waals surface area contributed by atoms with Gasteiger partial charge in [-0.25, -0.2) is 0 Å². The van der Waals surface area contributed by atoms with Gasteiger partial charge < -0.3 is 5.11 Å². The molecule has 5 heteroatoms. The molecule has 0 saturated carbocycles. The lowest BCUT2D eigenvalue weighted by atomic mass is 9.87. The minimum atomic E-state index is 0.0421. The van der Waals surface area contributed by atoms with Gasteiger partial charge in [-0.15, -0.1) is 5.10 Å². The number of hydrogen-bond acceptors (Lipinski definition) is 4. The van der Waals surface area contributed by atoms with Gasteiger partial charge in [-0.05, 0) is 33.5 Å². The number of hydrogen-bond donors (Lipinski definition) is 1. The van der Waals surface area contributed by atoms with Crippen molar-refractivity contribution in [3.8, 4) is 5.69 Å². The van der Waals surface area contributed by atoms with Crippen molar-refractivity contribution in [2.45, 2.75) is 32.6 Å². The Labute approximate surface area is 106 Å². The zero-order chi connectivity index (χ0) is 13.2. The van der Waals surface area contributed by atoms with E-state index in [1.54, 1.807) is 4.68 Å². The molecule has 0 unspecified atom stereocenters. The van der Waals surface area contributed by atoms with Crippen LogP contribution < -0.4 is 0 Å². The van der Waals surface area contributed by atoms with Gasteiger partial charge in [0, 0.05) is 6.42 Å². The molecule has 0 bridgehead atoms. The van der Waals surface area contributed by atoms with Crippen LogP contribution in [0.25, 0.3) is 5.69 Å². The molecule has 1 aromatic carbocycles. The Hall–Kier alpha value is -1.75. The average Bonchev–Trinajstić information content (AvgIpc) is 2.77. The van der Waals surface area contributed by atoms with Crippen LogP contribution in [0.5, 0.6) is 0 Å². The maximum atomic E-state index is 8.95. The van der Waals surface area contributed by atoms with E-state index in [4.69, 9.17) is 5.11 Å². The van der Waals surface area contributed by atoms with E-state index in [9.17, 15) is 0 Å². The van der Waals surface area contributed by atoms with Gasteiger partial charge in [0.25, 0.3) is 0 Å². The summed E-state index contributed by atoms with van der Waals surface area (Å²) in [6.07, 6.45) is 0.452. The van der Waals surface area contributed by atoms with E-state index in [0.717, 1.165) is 5.69 Å². The molecule has 0 amide bonds. The number of tetrazole rings is 1. The predicted octanol–water partition coefficient (Wildman–Crippen LogP) is 1.49. The zero-order valence-corrected chi connectivity index (χ0v) is 11.0. The van der Waals surface area contributed by atoms with Crippen LogP contribution in [0.2, 0.25) is 0 Å². The van der Waals surface area contributed by atoms with E-state index in [0.29, 0.717) is 12.2 Å². The van der Waals surface area contributed by atoms with Crippen molar-refractivity contribution in [3.63, 3.8) is 0 Å². The Morgan fingerprint density at radius 2 is 1.83 bits per heavy atom. The Bertz CT molecular complexity index is 511. The fraction of sp³-hybridized carbons (Fsp3) is 0.462. The average molecular weight is 246 g/mol. The molecule has 0 radical (unpaired) electrons. The van der Waals surface area contributed by atoms with Gasteiger partial charge in [0.1, 0.15) is 0 Å². The summed E-state index contributed by atoms with van der Waals surface area (Å²) in [5, 5.41) is 20.4. The molecule has 5 nitrogen and oxygen atoms in total. The number of rotatable bonds is 3. The summed E-state index contributed by atoms with van der Waals surface area (Å²) in [4.78, 5) is 0. The van der Waals surface area contributed by atoms with Crippen molar-refractivity contribution >= 4 is 0 Å². The second-order valence-electron chi connectivity index (χ2n) is 5.28. The Morgan fingerprint density at radius 1 is 1.17 bits per heavy atom. The Morgan fingerprint density at radius 3 is 2.39 bits per heavy atom. The van der Waals surface area contributed by atoms with Gasteiger partial charge in [0.15, 0.2) is 5.82 Å². The monoisotopic (exact) mass is 246 g/mol. The summed E-state index contributed by atoms with van der Waals surface area (Å²) in [5.74, 6) is 0.668. The molecule has 1 aromatic heterocycles. The molecule has 0 fully saturated rings. The molecule has 0 aliphatic heterocycles. The summed E-state index contributed by atoms with van der Waals surface area (Å²) in [6.45, 7) is 6.57. The molecule has 1 N–H and O–H groups in total. The third kappa shape index (κ3) is 2.56. The van der Waals surface area contributed by atoms with Gasteiger partial charge >= 0.3 is 0 Å². The normalized spacial score (nSPS) is 11.8. The molecule has 0 aliphatic carbocycles. The lowest BCUT2D eigenvalue weighted by Crippen LogP contribution is -2.11. The summed E-state index contributed by atoms with van der Waals surface area (Å²) < 4.78 is 1.66. The lowest BCUT2D eigenvalue weighted by molar-refractivity contribution is 0.295. The highest BCUT2D eigenvalue weighted by Gasteiger charge is 2.14. The van der Waals surface area contributed by atoms with Crippen LogP contribution in [0.3, 0.4) is 0 Å². The first-order valence-corrected chi connectivity index (χ1v) is 6.01. The van der Waals surface area contributed by atoms with E-state index in [-0.39, 0.29) is 12.0 Å². The van der Waals surface area contributed by atoms with Gasteiger partial charge in [-0.2, -0.15) is 4.68 Å². The summed E-state index contributed by atoms with van der Waals surface area (Å²) in [6, 6.07) is 8.16. The van der Waals surface area contributed by atoms with Crippen LogP contribution in [-0.2, 0) is 11.8 Å². The highest BCUT2D eigenvalue weighted by atomic mass is 16.3. The molecule has 18 heavy (non-hydrogen) atoms. The quantitative estimate of drug-likeness (QED) is 0.891. The van der Waals surface area contributed by atoms with Gasteiger partial charge in [-0.1, -0.05) is 32.9 Å². The third-order valence-electron chi connectivity index (χ3n) is 2.85. The number of benzene rings is 1. The second-order valence-corrected chi connectivity index (χ2v) is 5.28. The molecule has 0 spiro atoms. The highest BCUT2D eigenvalue weighted by Crippen LogP contribution is 2.23. The standard InChI is InChI=1S/C13H18N4O/c1-13(2,3)10-4-6-11(7-5-10)17-12(8-9-18)14-15-16-17/h4-7,18H,8-9H2,1-3H3. The van der Waals surface area contributed by atoms with E-state index in [1.165, 1.54) is 5.56 Å². The summed E-state index contributed by atoms with van der Waals surface area (Å²) >= 11 is 0. The molecule has 0 atom stereocenters. The molecule has 2 aromatic rings. The van der Waals surface area contributed by atoms with Crippen molar-refractivity contribution in [2.75, 3.05) is 6.61 Å². The van der Waals surface area contributed by atoms with Crippen LogP contribution in [-0.4, -0.2) is 31.9 Å².